The Bertz CT molecular complexity index is 405. The van der Waals surface area contributed by atoms with Crippen LogP contribution in [-0.2, 0) is 9.53 Å². The normalized spacial score (nSPS) is 9.65. The van der Waals surface area contributed by atoms with Crippen molar-refractivity contribution in [3.8, 4) is 5.75 Å². The van der Waals surface area contributed by atoms with Gasteiger partial charge in [-0.1, -0.05) is 6.58 Å². The molecule has 0 bridgehead atoms. The molecule has 0 fully saturated rings. The minimum atomic E-state index is -0.437. The fourth-order valence-corrected chi connectivity index (χ4v) is 1.15. The Morgan fingerprint density at radius 1 is 1.35 bits per heavy atom. The third kappa shape index (κ3) is 4.46. The van der Waals surface area contributed by atoms with E-state index in [-0.39, 0.29) is 6.61 Å². The van der Waals surface area contributed by atoms with Gasteiger partial charge in [0.2, 0.25) is 0 Å². The molecule has 17 heavy (non-hydrogen) atoms. The molecule has 0 aliphatic rings. The molecule has 0 saturated heterocycles. The molecule has 0 aliphatic heterocycles. The van der Waals surface area contributed by atoms with Gasteiger partial charge in [0.25, 0.3) is 0 Å². The number of hydrogen-bond donors (Lipinski definition) is 2. The minimum Gasteiger partial charge on any atom is -0.491 e. The second-order valence-electron chi connectivity index (χ2n) is 3.37. The molecule has 0 saturated carbocycles. The number of rotatable bonds is 6. The van der Waals surface area contributed by atoms with Gasteiger partial charge in [-0.3, -0.25) is 0 Å². The lowest BCUT2D eigenvalue weighted by Gasteiger charge is -2.09. The van der Waals surface area contributed by atoms with Crippen molar-refractivity contribution in [2.75, 3.05) is 24.7 Å². The van der Waals surface area contributed by atoms with Crippen LogP contribution in [0.3, 0.4) is 0 Å². The first kappa shape index (κ1) is 12.9. The molecule has 0 radical (unpaired) electrons. The van der Waals surface area contributed by atoms with E-state index in [2.05, 4.69) is 6.58 Å². The maximum absolute atomic E-state index is 10.7. The molecular weight excluding hydrogens is 220 g/mol. The molecule has 92 valence electrons. The molecule has 0 spiro atoms. The van der Waals surface area contributed by atoms with E-state index in [1.54, 1.807) is 18.2 Å². The SMILES string of the molecule is C=CC(=O)OCCCOc1cc(N)ccc1N. The van der Waals surface area contributed by atoms with Crippen LogP contribution in [-0.4, -0.2) is 19.2 Å². The van der Waals surface area contributed by atoms with Crippen molar-refractivity contribution in [2.24, 2.45) is 0 Å². The van der Waals surface area contributed by atoms with Crippen molar-refractivity contribution in [1.82, 2.24) is 0 Å². The van der Waals surface area contributed by atoms with Crippen molar-refractivity contribution < 1.29 is 14.3 Å². The van der Waals surface area contributed by atoms with Gasteiger partial charge >= 0.3 is 5.97 Å². The second kappa shape index (κ2) is 6.42. The highest BCUT2D eigenvalue weighted by Gasteiger charge is 2.01. The molecule has 0 amide bonds. The molecule has 0 aliphatic carbocycles. The fraction of sp³-hybridized carbons (Fsp3) is 0.250. The summed E-state index contributed by atoms with van der Waals surface area (Å²) in [7, 11) is 0. The van der Waals surface area contributed by atoms with E-state index in [0.29, 0.717) is 30.2 Å². The summed E-state index contributed by atoms with van der Waals surface area (Å²) in [6.07, 6.45) is 1.70. The number of ether oxygens (including phenoxy) is 2. The average molecular weight is 236 g/mol. The summed E-state index contributed by atoms with van der Waals surface area (Å²) in [6.45, 7) is 3.98. The number of esters is 1. The van der Waals surface area contributed by atoms with Gasteiger partial charge in [0.05, 0.1) is 18.9 Å². The Balaban J connectivity index is 2.28. The van der Waals surface area contributed by atoms with Crippen molar-refractivity contribution in [3.05, 3.63) is 30.9 Å². The van der Waals surface area contributed by atoms with Crippen LogP contribution in [0.5, 0.6) is 5.75 Å². The average Bonchev–Trinajstić information content (AvgIpc) is 2.32. The zero-order chi connectivity index (χ0) is 12.7. The second-order valence-corrected chi connectivity index (χ2v) is 3.37. The van der Waals surface area contributed by atoms with Gasteiger partial charge in [0.1, 0.15) is 5.75 Å². The van der Waals surface area contributed by atoms with E-state index >= 15 is 0 Å². The van der Waals surface area contributed by atoms with Crippen molar-refractivity contribution >= 4 is 17.3 Å². The molecule has 5 heteroatoms. The summed E-state index contributed by atoms with van der Waals surface area (Å²) < 4.78 is 10.2. The van der Waals surface area contributed by atoms with Crippen LogP contribution in [0.25, 0.3) is 0 Å². The van der Waals surface area contributed by atoms with Gasteiger partial charge in [0, 0.05) is 24.3 Å². The largest absolute Gasteiger partial charge is 0.491 e. The van der Waals surface area contributed by atoms with Gasteiger partial charge < -0.3 is 20.9 Å². The van der Waals surface area contributed by atoms with Gasteiger partial charge in [-0.05, 0) is 12.1 Å². The van der Waals surface area contributed by atoms with E-state index in [1.807, 2.05) is 0 Å². The molecule has 4 N–H and O–H groups in total. The Hall–Kier alpha value is -2.17. The van der Waals surface area contributed by atoms with Gasteiger partial charge in [-0.15, -0.1) is 0 Å². The number of benzene rings is 1. The van der Waals surface area contributed by atoms with Crippen LogP contribution in [0, 0.1) is 0 Å². The van der Waals surface area contributed by atoms with Crippen LogP contribution in [0.1, 0.15) is 6.42 Å². The third-order valence-electron chi connectivity index (χ3n) is 1.99. The van der Waals surface area contributed by atoms with E-state index < -0.39 is 5.97 Å². The van der Waals surface area contributed by atoms with Crippen LogP contribution in [0.2, 0.25) is 0 Å². The third-order valence-corrected chi connectivity index (χ3v) is 1.99. The summed E-state index contributed by atoms with van der Waals surface area (Å²) in [5.41, 5.74) is 12.4. The first-order chi connectivity index (χ1) is 8.13. The number of nitrogens with two attached hydrogens (primary N) is 2. The van der Waals surface area contributed by atoms with Gasteiger partial charge in [-0.2, -0.15) is 0 Å². The summed E-state index contributed by atoms with van der Waals surface area (Å²) in [4.78, 5) is 10.7. The maximum Gasteiger partial charge on any atom is 0.330 e. The van der Waals surface area contributed by atoms with Gasteiger partial charge in [-0.25, -0.2) is 4.79 Å². The minimum absolute atomic E-state index is 0.285. The molecule has 0 aromatic heterocycles. The highest BCUT2D eigenvalue weighted by Crippen LogP contribution is 2.23. The smallest absolute Gasteiger partial charge is 0.330 e. The van der Waals surface area contributed by atoms with Crippen molar-refractivity contribution in [2.45, 2.75) is 6.42 Å². The molecule has 0 unspecified atom stereocenters. The molecular formula is C12H16N2O3. The Morgan fingerprint density at radius 3 is 2.82 bits per heavy atom. The molecule has 5 nitrogen and oxygen atoms in total. The topological polar surface area (TPSA) is 87.6 Å². The summed E-state index contributed by atoms with van der Waals surface area (Å²) >= 11 is 0. The Morgan fingerprint density at radius 2 is 2.12 bits per heavy atom. The van der Waals surface area contributed by atoms with Crippen molar-refractivity contribution in [1.29, 1.82) is 0 Å². The summed E-state index contributed by atoms with van der Waals surface area (Å²) in [5, 5.41) is 0. The zero-order valence-electron chi connectivity index (χ0n) is 9.52. The predicted octanol–water partition coefficient (Wildman–Crippen LogP) is 1.35. The molecule has 1 aromatic rings. The van der Waals surface area contributed by atoms with Crippen molar-refractivity contribution in [3.63, 3.8) is 0 Å². The number of nitrogen functional groups attached to an aromatic ring is 2. The molecule has 0 heterocycles. The molecule has 1 aromatic carbocycles. The first-order valence-corrected chi connectivity index (χ1v) is 5.20. The first-order valence-electron chi connectivity index (χ1n) is 5.20. The van der Waals surface area contributed by atoms with E-state index in [0.717, 1.165) is 6.08 Å². The standard InChI is InChI=1S/C12H16N2O3/c1-2-12(15)17-7-3-6-16-11-8-9(13)4-5-10(11)14/h2,4-5,8H,1,3,6-7,13-14H2. The fourth-order valence-electron chi connectivity index (χ4n) is 1.15. The highest BCUT2D eigenvalue weighted by atomic mass is 16.5. The summed E-state index contributed by atoms with van der Waals surface area (Å²) in [5.74, 6) is 0.105. The van der Waals surface area contributed by atoms with Crippen LogP contribution in [0.15, 0.2) is 30.9 Å². The Kier molecular flexibility index (Phi) is 4.87. The monoisotopic (exact) mass is 236 g/mol. The number of hydrogen-bond acceptors (Lipinski definition) is 5. The highest BCUT2D eigenvalue weighted by molar-refractivity contribution is 5.81. The van der Waals surface area contributed by atoms with E-state index in [4.69, 9.17) is 20.9 Å². The predicted molar refractivity (Wildman–Crippen MR) is 66.5 cm³/mol. The zero-order valence-corrected chi connectivity index (χ0v) is 9.52. The lowest BCUT2D eigenvalue weighted by Crippen LogP contribution is -2.07. The van der Waals surface area contributed by atoms with Crippen LogP contribution < -0.4 is 16.2 Å². The molecule has 1 rings (SSSR count). The summed E-state index contributed by atoms with van der Waals surface area (Å²) in [6, 6.07) is 5.04. The van der Waals surface area contributed by atoms with Crippen LogP contribution >= 0.6 is 0 Å². The van der Waals surface area contributed by atoms with E-state index in [1.165, 1.54) is 0 Å². The quantitative estimate of drug-likeness (QED) is 0.337. The lowest BCUT2D eigenvalue weighted by atomic mass is 10.2. The Labute approximate surface area is 100.0 Å². The van der Waals surface area contributed by atoms with Crippen LogP contribution in [0.4, 0.5) is 11.4 Å². The number of carbonyl (C=O) groups is 1. The molecule has 0 atom stereocenters. The maximum atomic E-state index is 10.7. The van der Waals surface area contributed by atoms with E-state index in [9.17, 15) is 4.79 Å². The lowest BCUT2D eigenvalue weighted by molar-refractivity contribution is -0.137. The number of carbonyl (C=O) groups excluding carboxylic acids is 1. The van der Waals surface area contributed by atoms with Gasteiger partial charge in [0.15, 0.2) is 0 Å². The number of anilines is 2.